The molecule has 13 heteroatoms. The number of nitrogens with zero attached hydrogens (tertiary/aromatic N) is 4. The molecule has 3 aromatic heterocycles. The maximum atomic E-state index is 12.8. The van der Waals surface area contributed by atoms with Gasteiger partial charge in [0.15, 0.2) is 0 Å². The zero-order chi connectivity index (χ0) is 21.6. The molecule has 192 valence electrons. The summed E-state index contributed by atoms with van der Waals surface area (Å²) >= 11 is 11.9. The fourth-order valence-electron chi connectivity index (χ4n) is 3.58. The van der Waals surface area contributed by atoms with Crippen LogP contribution >= 0.6 is 72.8 Å². The average Bonchev–Trinajstić information content (AvgIpc) is 2.80. The van der Waals surface area contributed by atoms with E-state index in [2.05, 4.69) is 30.5 Å². The van der Waals surface area contributed by atoms with Gasteiger partial charge in [0.1, 0.15) is 11.6 Å². The number of piperidine rings is 1. The highest BCUT2D eigenvalue weighted by Gasteiger charge is 2.21. The lowest BCUT2D eigenvalue weighted by molar-refractivity contribution is 0.102. The summed E-state index contributed by atoms with van der Waals surface area (Å²) in [7, 11) is 0. The van der Waals surface area contributed by atoms with Crippen LogP contribution in [-0.4, -0.2) is 40.5 Å². The predicted molar refractivity (Wildman–Crippen MR) is 153 cm³/mol. The van der Waals surface area contributed by atoms with Gasteiger partial charge in [-0.2, -0.15) is 0 Å². The average molecular weight is 603 g/mol. The minimum absolute atomic E-state index is 0. The minimum Gasteiger partial charge on any atom is -0.371 e. The standard InChI is InChI=1S/C22H22Cl2N6O.4ClH/c23-16-1-2-20(26-13-16)29-22(31)19-11-17(24)14-28-21(19)27-12-15-5-9-30(10-6-15)18-3-7-25-8-4-18;;;;/h1-4,7-8,11,13-15H,5-6,9-10,12H2,(H,27,28)(H,26,29,31);4*1H. The number of rotatable bonds is 6. The van der Waals surface area contributed by atoms with Gasteiger partial charge in [-0.25, -0.2) is 9.97 Å². The number of aromatic nitrogens is 3. The Labute approximate surface area is 239 Å². The smallest absolute Gasteiger partial charge is 0.260 e. The summed E-state index contributed by atoms with van der Waals surface area (Å²) in [6.07, 6.45) is 8.76. The Bertz CT molecular complexity index is 1040. The summed E-state index contributed by atoms with van der Waals surface area (Å²) < 4.78 is 0. The van der Waals surface area contributed by atoms with Gasteiger partial charge in [-0.1, -0.05) is 23.2 Å². The highest BCUT2D eigenvalue weighted by molar-refractivity contribution is 6.31. The number of halogens is 6. The van der Waals surface area contributed by atoms with E-state index in [1.807, 2.05) is 24.5 Å². The highest BCUT2D eigenvalue weighted by atomic mass is 35.5. The molecule has 0 spiro atoms. The molecule has 1 saturated heterocycles. The summed E-state index contributed by atoms with van der Waals surface area (Å²) in [5.74, 6) is 1.07. The first-order chi connectivity index (χ1) is 15.1. The summed E-state index contributed by atoms with van der Waals surface area (Å²) in [5, 5.41) is 6.99. The number of carbonyl (C=O) groups excluding carboxylic acids is 1. The van der Waals surface area contributed by atoms with Crippen molar-refractivity contribution in [3.63, 3.8) is 0 Å². The van der Waals surface area contributed by atoms with Gasteiger partial charge in [0, 0.05) is 50.1 Å². The number of carbonyl (C=O) groups is 1. The molecule has 0 unspecified atom stereocenters. The van der Waals surface area contributed by atoms with E-state index in [1.54, 1.807) is 18.2 Å². The van der Waals surface area contributed by atoms with Gasteiger partial charge >= 0.3 is 0 Å². The SMILES string of the molecule is Cl.Cl.Cl.Cl.O=C(Nc1ccc(Cl)cn1)c1cc(Cl)cnc1NCC1CCN(c2ccncc2)CC1. The van der Waals surface area contributed by atoms with Crippen LogP contribution in [-0.2, 0) is 0 Å². The van der Waals surface area contributed by atoms with E-state index in [-0.39, 0.29) is 55.5 Å². The van der Waals surface area contributed by atoms with Crippen LogP contribution in [0.4, 0.5) is 17.3 Å². The molecule has 1 amide bonds. The third kappa shape index (κ3) is 9.33. The number of hydrogen-bond donors (Lipinski definition) is 2. The molecule has 0 saturated carbocycles. The number of hydrogen-bond acceptors (Lipinski definition) is 6. The second-order valence-corrected chi connectivity index (χ2v) is 8.26. The van der Waals surface area contributed by atoms with Crippen LogP contribution in [0, 0.1) is 5.92 Å². The monoisotopic (exact) mass is 600 g/mol. The molecule has 1 fully saturated rings. The highest BCUT2D eigenvalue weighted by Crippen LogP contribution is 2.24. The van der Waals surface area contributed by atoms with Gasteiger partial charge in [0.2, 0.25) is 0 Å². The summed E-state index contributed by atoms with van der Waals surface area (Å²) in [6.45, 7) is 2.71. The lowest BCUT2D eigenvalue weighted by Gasteiger charge is -2.33. The molecular weight excluding hydrogens is 577 g/mol. The van der Waals surface area contributed by atoms with Crippen LogP contribution in [0.3, 0.4) is 0 Å². The van der Waals surface area contributed by atoms with Crippen molar-refractivity contribution >= 4 is 96.1 Å². The molecule has 1 aliphatic heterocycles. The fraction of sp³-hybridized carbons (Fsp3) is 0.273. The van der Waals surface area contributed by atoms with Crippen LogP contribution < -0.4 is 15.5 Å². The second-order valence-electron chi connectivity index (χ2n) is 7.38. The van der Waals surface area contributed by atoms with Crippen LogP contribution in [0.1, 0.15) is 23.2 Å². The molecule has 0 aromatic carbocycles. The molecule has 3 aromatic rings. The first-order valence-corrected chi connectivity index (χ1v) is 10.8. The minimum atomic E-state index is -0.333. The van der Waals surface area contributed by atoms with Gasteiger partial charge in [0.05, 0.1) is 15.6 Å². The van der Waals surface area contributed by atoms with E-state index < -0.39 is 0 Å². The van der Waals surface area contributed by atoms with Crippen molar-refractivity contribution in [3.05, 3.63) is 70.7 Å². The van der Waals surface area contributed by atoms with Crippen molar-refractivity contribution in [2.75, 3.05) is 35.2 Å². The molecule has 4 rings (SSSR count). The number of nitrogens with one attached hydrogen (secondary N) is 2. The van der Waals surface area contributed by atoms with Crippen molar-refractivity contribution in [1.29, 1.82) is 0 Å². The van der Waals surface area contributed by atoms with Gasteiger partial charge < -0.3 is 15.5 Å². The van der Waals surface area contributed by atoms with Crippen LogP contribution in [0.5, 0.6) is 0 Å². The first kappa shape index (κ1) is 33.3. The van der Waals surface area contributed by atoms with E-state index in [0.717, 1.165) is 32.5 Å². The lowest BCUT2D eigenvalue weighted by atomic mass is 9.96. The van der Waals surface area contributed by atoms with Gasteiger partial charge in [-0.3, -0.25) is 9.78 Å². The number of amides is 1. The Balaban J connectivity index is 0.00000289. The number of pyridine rings is 3. The predicted octanol–water partition coefficient (Wildman–Crippen LogP) is 6.45. The summed E-state index contributed by atoms with van der Waals surface area (Å²) in [4.78, 5) is 27.7. The summed E-state index contributed by atoms with van der Waals surface area (Å²) in [6, 6.07) is 8.99. The van der Waals surface area contributed by atoms with Crippen molar-refractivity contribution in [2.45, 2.75) is 12.8 Å². The quantitative estimate of drug-likeness (QED) is 0.338. The Hall–Kier alpha value is -1.74. The molecule has 0 atom stereocenters. The van der Waals surface area contributed by atoms with Crippen LogP contribution in [0.25, 0.3) is 0 Å². The molecule has 0 aliphatic carbocycles. The first-order valence-electron chi connectivity index (χ1n) is 10.1. The van der Waals surface area contributed by atoms with E-state index >= 15 is 0 Å². The topological polar surface area (TPSA) is 83.0 Å². The Kier molecular flexibility index (Phi) is 15.3. The Morgan fingerprint density at radius 2 is 1.60 bits per heavy atom. The van der Waals surface area contributed by atoms with Gasteiger partial charge in [0.25, 0.3) is 5.91 Å². The zero-order valence-electron chi connectivity index (χ0n) is 18.4. The molecule has 7 nitrogen and oxygen atoms in total. The van der Waals surface area contributed by atoms with E-state index in [1.165, 1.54) is 18.1 Å². The third-order valence-corrected chi connectivity index (χ3v) is 5.70. The molecule has 2 N–H and O–H groups in total. The Morgan fingerprint density at radius 1 is 0.943 bits per heavy atom. The largest absolute Gasteiger partial charge is 0.371 e. The van der Waals surface area contributed by atoms with Crippen LogP contribution in [0.15, 0.2) is 55.1 Å². The molecular formula is C22H26Cl6N6O. The fourth-order valence-corrected chi connectivity index (χ4v) is 3.85. The molecule has 35 heavy (non-hydrogen) atoms. The summed E-state index contributed by atoms with van der Waals surface area (Å²) in [5.41, 5.74) is 1.58. The van der Waals surface area contributed by atoms with E-state index in [4.69, 9.17) is 23.2 Å². The molecule has 0 bridgehead atoms. The molecule has 1 aliphatic rings. The maximum Gasteiger partial charge on any atom is 0.260 e. The molecule has 4 heterocycles. The van der Waals surface area contributed by atoms with Gasteiger partial charge in [-0.05, 0) is 49.1 Å². The Morgan fingerprint density at radius 3 is 2.23 bits per heavy atom. The van der Waals surface area contributed by atoms with Crippen molar-refractivity contribution in [2.24, 2.45) is 5.92 Å². The van der Waals surface area contributed by atoms with Crippen molar-refractivity contribution < 1.29 is 4.79 Å². The van der Waals surface area contributed by atoms with Crippen molar-refractivity contribution in [3.8, 4) is 0 Å². The van der Waals surface area contributed by atoms with E-state index in [0.29, 0.717) is 33.2 Å². The molecule has 0 radical (unpaired) electrons. The number of anilines is 3. The normalized spacial score (nSPS) is 12.7. The second kappa shape index (κ2) is 16.1. The van der Waals surface area contributed by atoms with E-state index in [9.17, 15) is 4.79 Å². The van der Waals surface area contributed by atoms with Crippen molar-refractivity contribution in [1.82, 2.24) is 15.0 Å². The zero-order valence-corrected chi connectivity index (χ0v) is 23.2. The van der Waals surface area contributed by atoms with Crippen LogP contribution in [0.2, 0.25) is 10.0 Å². The van der Waals surface area contributed by atoms with Gasteiger partial charge in [-0.15, -0.1) is 49.6 Å². The third-order valence-electron chi connectivity index (χ3n) is 5.27. The lowest BCUT2D eigenvalue weighted by Crippen LogP contribution is -2.36. The maximum absolute atomic E-state index is 12.8.